The molecule has 2 nitrogen and oxygen atoms in total. The van der Waals surface area contributed by atoms with Crippen molar-refractivity contribution < 1.29 is 22.6 Å². The highest BCUT2D eigenvalue weighted by atomic mass is 19.4. The van der Waals surface area contributed by atoms with E-state index >= 15 is 0 Å². The maximum Gasteiger partial charge on any atom is 0.522 e. The van der Waals surface area contributed by atoms with E-state index in [1.807, 2.05) is 0 Å². The van der Waals surface area contributed by atoms with Crippen LogP contribution >= 0.6 is 0 Å². The summed E-state index contributed by atoms with van der Waals surface area (Å²) in [7, 11) is 0. The second kappa shape index (κ2) is 6.44. The van der Waals surface area contributed by atoms with Gasteiger partial charge in [-0.3, -0.25) is 4.74 Å². The molecule has 1 saturated carbocycles. The van der Waals surface area contributed by atoms with Crippen LogP contribution in [0.5, 0.6) is 0 Å². The Kier molecular flexibility index (Phi) is 5.12. The molecule has 2 atom stereocenters. The summed E-state index contributed by atoms with van der Waals surface area (Å²) in [5.41, 5.74) is 0. The average molecular weight is 280 g/mol. The lowest BCUT2D eigenvalue weighted by Gasteiger charge is -2.32. The molecule has 112 valence electrons. The van der Waals surface area contributed by atoms with Crippen LogP contribution in [0, 0.1) is 5.92 Å². The van der Waals surface area contributed by atoms with Gasteiger partial charge in [0.15, 0.2) is 0 Å². The minimum atomic E-state index is -4.49. The SMILES string of the molecule is CCCC1CCC(C2CCC(OC(F)(F)F)CC2)O1. The fraction of sp³-hybridized carbons (Fsp3) is 1.00. The molecule has 1 aliphatic carbocycles. The molecule has 0 aromatic heterocycles. The zero-order valence-electron chi connectivity index (χ0n) is 11.4. The Balaban J connectivity index is 1.72. The molecule has 2 aliphatic rings. The lowest BCUT2D eigenvalue weighted by Crippen LogP contribution is -2.32. The summed E-state index contributed by atoms with van der Waals surface area (Å²) in [6.07, 6.45) is 2.50. The van der Waals surface area contributed by atoms with Crippen molar-refractivity contribution >= 4 is 0 Å². The zero-order chi connectivity index (χ0) is 13.9. The number of hydrogen-bond donors (Lipinski definition) is 0. The summed E-state index contributed by atoms with van der Waals surface area (Å²) in [6, 6.07) is 0. The van der Waals surface area contributed by atoms with Crippen LogP contribution in [0.3, 0.4) is 0 Å². The highest BCUT2D eigenvalue weighted by Crippen LogP contribution is 2.37. The van der Waals surface area contributed by atoms with Crippen LogP contribution in [-0.2, 0) is 9.47 Å². The van der Waals surface area contributed by atoms with Crippen molar-refractivity contribution in [1.82, 2.24) is 0 Å². The molecule has 0 aromatic carbocycles. The van der Waals surface area contributed by atoms with E-state index in [-0.39, 0.29) is 6.10 Å². The predicted octanol–water partition coefficient (Wildman–Crippen LogP) is 4.43. The van der Waals surface area contributed by atoms with Gasteiger partial charge in [0.05, 0.1) is 18.3 Å². The fourth-order valence-electron chi connectivity index (χ4n) is 3.38. The molecule has 0 spiro atoms. The van der Waals surface area contributed by atoms with Crippen LogP contribution < -0.4 is 0 Å². The first kappa shape index (κ1) is 15.1. The summed E-state index contributed by atoms with van der Waals surface area (Å²) in [4.78, 5) is 0. The van der Waals surface area contributed by atoms with Crippen molar-refractivity contribution in [2.45, 2.75) is 83.0 Å². The number of ether oxygens (including phenoxy) is 2. The molecule has 1 aliphatic heterocycles. The largest absolute Gasteiger partial charge is 0.522 e. The molecule has 0 bridgehead atoms. The molecule has 19 heavy (non-hydrogen) atoms. The topological polar surface area (TPSA) is 18.5 Å². The second-order valence-corrected chi connectivity index (χ2v) is 5.76. The first-order valence-electron chi connectivity index (χ1n) is 7.38. The van der Waals surface area contributed by atoms with E-state index < -0.39 is 12.5 Å². The van der Waals surface area contributed by atoms with Gasteiger partial charge in [-0.2, -0.15) is 0 Å². The first-order chi connectivity index (χ1) is 8.98. The van der Waals surface area contributed by atoms with E-state index in [1.165, 1.54) is 0 Å². The summed E-state index contributed by atoms with van der Waals surface area (Å²) in [5.74, 6) is 0.426. The molecule has 0 amide bonds. The summed E-state index contributed by atoms with van der Waals surface area (Å²) < 4.78 is 46.5. The van der Waals surface area contributed by atoms with Gasteiger partial charge in [-0.05, 0) is 50.9 Å². The highest BCUT2D eigenvalue weighted by Gasteiger charge is 2.38. The van der Waals surface area contributed by atoms with Gasteiger partial charge in [0.25, 0.3) is 0 Å². The highest BCUT2D eigenvalue weighted by molar-refractivity contribution is 4.83. The molecular formula is C14H23F3O2. The lowest BCUT2D eigenvalue weighted by molar-refractivity contribution is -0.346. The third kappa shape index (κ3) is 4.63. The Morgan fingerprint density at radius 1 is 1.05 bits per heavy atom. The average Bonchev–Trinajstić information content (AvgIpc) is 2.77. The third-order valence-electron chi connectivity index (χ3n) is 4.30. The van der Waals surface area contributed by atoms with Gasteiger partial charge >= 0.3 is 6.36 Å². The molecule has 5 heteroatoms. The Morgan fingerprint density at radius 2 is 1.74 bits per heavy atom. The van der Waals surface area contributed by atoms with Gasteiger partial charge in [-0.1, -0.05) is 13.3 Å². The van der Waals surface area contributed by atoms with E-state index in [0.29, 0.717) is 24.9 Å². The Hall–Kier alpha value is -0.290. The molecule has 1 heterocycles. The second-order valence-electron chi connectivity index (χ2n) is 5.76. The molecule has 0 N–H and O–H groups in total. The van der Waals surface area contributed by atoms with Gasteiger partial charge < -0.3 is 4.74 Å². The van der Waals surface area contributed by atoms with Crippen molar-refractivity contribution in [3.8, 4) is 0 Å². The third-order valence-corrected chi connectivity index (χ3v) is 4.30. The summed E-state index contributed by atoms with van der Waals surface area (Å²) in [6.45, 7) is 2.15. The predicted molar refractivity (Wildman–Crippen MR) is 65.7 cm³/mol. The van der Waals surface area contributed by atoms with Gasteiger partial charge in [0.1, 0.15) is 0 Å². The van der Waals surface area contributed by atoms with Gasteiger partial charge in [-0.25, -0.2) is 0 Å². The quantitative estimate of drug-likeness (QED) is 0.758. The van der Waals surface area contributed by atoms with Crippen LogP contribution in [0.2, 0.25) is 0 Å². The molecule has 2 rings (SSSR count). The molecule has 1 saturated heterocycles. The van der Waals surface area contributed by atoms with Crippen LogP contribution in [0.1, 0.15) is 58.3 Å². The molecule has 2 unspecified atom stereocenters. The van der Waals surface area contributed by atoms with Crippen LogP contribution in [0.25, 0.3) is 0 Å². The van der Waals surface area contributed by atoms with E-state index in [2.05, 4.69) is 11.7 Å². The van der Waals surface area contributed by atoms with Crippen molar-refractivity contribution in [2.75, 3.05) is 0 Å². The number of rotatable bonds is 4. The van der Waals surface area contributed by atoms with Crippen LogP contribution in [0.4, 0.5) is 13.2 Å². The van der Waals surface area contributed by atoms with Gasteiger partial charge in [0.2, 0.25) is 0 Å². The smallest absolute Gasteiger partial charge is 0.375 e. The van der Waals surface area contributed by atoms with E-state index in [0.717, 1.165) is 38.5 Å². The fourth-order valence-corrected chi connectivity index (χ4v) is 3.38. The molecule has 2 fully saturated rings. The maximum absolute atomic E-state index is 12.1. The monoisotopic (exact) mass is 280 g/mol. The van der Waals surface area contributed by atoms with Crippen LogP contribution in [0.15, 0.2) is 0 Å². The van der Waals surface area contributed by atoms with Gasteiger partial charge in [-0.15, -0.1) is 13.2 Å². The Morgan fingerprint density at radius 3 is 2.32 bits per heavy atom. The molecule has 0 radical (unpaired) electrons. The summed E-state index contributed by atoms with van der Waals surface area (Å²) >= 11 is 0. The molecule has 0 aromatic rings. The van der Waals surface area contributed by atoms with E-state index in [1.54, 1.807) is 0 Å². The first-order valence-corrected chi connectivity index (χ1v) is 7.38. The van der Waals surface area contributed by atoms with Crippen molar-refractivity contribution in [1.29, 1.82) is 0 Å². The Labute approximate surface area is 112 Å². The van der Waals surface area contributed by atoms with E-state index in [4.69, 9.17) is 4.74 Å². The summed E-state index contributed by atoms with van der Waals surface area (Å²) in [5, 5.41) is 0. The standard InChI is InChI=1S/C14H23F3O2/c1-2-3-11-8-9-13(18-11)10-4-6-12(7-5-10)19-14(15,16)17/h10-13H,2-9H2,1H3. The zero-order valence-corrected chi connectivity index (χ0v) is 11.4. The van der Waals surface area contributed by atoms with Crippen molar-refractivity contribution in [3.05, 3.63) is 0 Å². The number of hydrogen-bond acceptors (Lipinski definition) is 2. The normalized spacial score (nSPS) is 36.6. The Bertz CT molecular complexity index is 272. The number of alkyl halides is 3. The van der Waals surface area contributed by atoms with Crippen molar-refractivity contribution in [3.63, 3.8) is 0 Å². The van der Waals surface area contributed by atoms with Gasteiger partial charge in [0, 0.05) is 0 Å². The number of halogens is 3. The molecular weight excluding hydrogens is 257 g/mol. The minimum Gasteiger partial charge on any atom is -0.375 e. The maximum atomic E-state index is 12.1. The van der Waals surface area contributed by atoms with E-state index in [9.17, 15) is 13.2 Å². The van der Waals surface area contributed by atoms with Crippen LogP contribution in [-0.4, -0.2) is 24.7 Å². The van der Waals surface area contributed by atoms with Crippen molar-refractivity contribution in [2.24, 2.45) is 5.92 Å². The lowest BCUT2D eigenvalue weighted by atomic mass is 9.83. The minimum absolute atomic E-state index is 0.267.